The third kappa shape index (κ3) is 1.21. The molecule has 66 valence electrons. The van der Waals surface area contributed by atoms with E-state index < -0.39 is 5.97 Å². The van der Waals surface area contributed by atoms with Crippen LogP contribution in [0.2, 0.25) is 0 Å². The minimum absolute atomic E-state index is 0.0550. The summed E-state index contributed by atoms with van der Waals surface area (Å²) in [5, 5.41) is 8.83. The monoisotopic (exact) mass is 240 g/mol. The van der Waals surface area contributed by atoms with Crippen LogP contribution in [0, 0.1) is 0 Å². The number of fused-ring (bicyclic) bond motifs is 1. The third-order valence-corrected chi connectivity index (χ3v) is 2.36. The van der Waals surface area contributed by atoms with Crippen LogP contribution in [0.25, 0.3) is 5.52 Å². The van der Waals surface area contributed by atoms with Crippen molar-refractivity contribution in [3.8, 4) is 0 Å². The van der Waals surface area contributed by atoms with Gasteiger partial charge in [0.05, 0.1) is 5.52 Å². The lowest BCUT2D eigenvalue weighted by atomic mass is 10.3. The van der Waals surface area contributed by atoms with Crippen molar-refractivity contribution < 1.29 is 9.90 Å². The summed E-state index contributed by atoms with van der Waals surface area (Å²) in [5.41, 5.74) is 0.634. The summed E-state index contributed by atoms with van der Waals surface area (Å²) in [7, 11) is 0. The zero-order valence-electron chi connectivity index (χ0n) is 6.44. The summed E-state index contributed by atoms with van der Waals surface area (Å²) < 4.78 is 2.44. The molecule has 2 aromatic rings. The van der Waals surface area contributed by atoms with Gasteiger partial charge in [-0.15, -0.1) is 0 Å². The number of carboxylic acid groups (broad SMARTS) is 1. The number of halogens is 1. The summed E-state index contributed by atoms with van der Waals surface area (Å²) in [5.74, 6) is -1.02. The van der Waals surface area contributed by atoms with E-state index in [0.29, 0.717) is 5.52 Å². The fourth-order valence-electron chi connectivity index (χ4n) is 1.18. The Labute approximate surface area is 82.0 Å². The van der Waals surface area contributed by atoms with E-state index in [1.165, 1.54) is 6.20 Å². The first-order chi connectivity index (χ1) is 6.20. The summed E-state index contributed by atoms with van der Waals surface area (Å²) in [6, 6.07) is 1.78. The van der Waals surface area contributed by atoms with E-state index in [1.54, 1.807) is 22.9 Å². The molecule has 4 nitrogen and oxygen atoms in total. The molecule has 0 radical (unpaired) electrons. The molecule has 0 amide bonds. The molecule has 0 aliphatic carbocycles. The van der Waals surface area contributed by atoms with Crippen LogP contribution < -0.4 is 0 Å². The molecular weight excluding hydrogens is 236 g/mol. The molecule has 1 N–H and O–H groups in total. The van der Waals surface area contributed by atoms with Gasteiger partial charge in [-0.05, 0) is 22.0 Å². The van der Waals surface area contributed by atoms with Gasteiger partial charge in [0.2, 0.25) is 0 Å². The fourth-order valence-corrected chi connectivity index (χ4v) is 1.69. The lowest BCUT2D eigenvalue weighted by Crippen LogP contribution is -2.02. The van der Waals surface area contributed by atoms with E-state index in [-0.39, 0.29) is 5.69 Å². The van der Waals surface area contributed by atoms with Gasteiger partial charge in [0.25, 0.3) is 0 Å². The molecule has 0 aromatic carbocycles. The van der Waals surface area contributed by atoms with Crippen LogP contribution >= 0.6 is 15.9 Å². The molecule has 0 aliphatic heterocycles. The zero-order valence-corrected chi connectivity index (χ0v) is 8.02. The summed E-state index contributed by atoms with van der Waals surface area (Å²) >= 11 is 3.26. The Balaban J connectivity index is 2.88. The maximum atomic E-state index is 10.8. The molecule has 0 unspecified atom stereocenters. The van der Waals surface area contributed by atoms with E-state index in [2.05, 4.69) is 20.9 Å². The lowest BCUT2D eigenvalue weighted by molar-refractivity contribution is 0.0692. The first kappa shape index (κ1) is 8.25. The van der Waals surface area contributed by atoms with Crippen LogP contribution in [-0.4, -0.2) is 20.5 Å². The molecule has 0 saturated carbocycles. The molecule has 0 bridgehead atoms. The highest BCUT2D eigenvalue weighted by molar-refractivity contribution is 9.10. The average Bonchev–Trinajstić information content (AvgIpc) is 2.48. The topological polar surface area (TPSA) is 54.6 Å². The average molecular weight is 241 g/mol. The Morgan fingerprint density at radius 1 is 1.54 bits per heavy atom. The number of rotatable bonds is 1. The van der Waals surface area contributed by atoms with Gasteiger partial charge in [-0.3, -0.25) is 0 Å². The second-order valence-corrected chi connectivity index (χ2v) is 3.35. The first-order valence-electron chi connectivity index (χ1n) is 3.54. The van der Waals surface area contributed by atoms with Crippen LogP contribution in [0.3, 0.4) is 0 Å². The third-order valence-electron chi connectivity index (χ3n) is 1.72. The standard InChI is InChI=1S/C8H5BrN2O2/c9-5-1-3-11-4-2-10-6(7(5)11)8(12)13/h1-4H,(H,12,13). The largest absolute Gasteiger partial charge is 0.476 e. The smallest absolute Gasteiger partial charge is 0.356 e. The number of hydrogen-bond donors (Lipinski definition) is 1. The molecule has 5 heteroatoms. The molecule has 0 saturated heterocycles. The minimum Gasteiger partial charge on any atom is -0.476 e. The van der Waals surface area contributed by atoms with Gasteiger partial charge in [0.1, 0.15) is 0 Å². The number of carboxylic acids is 1. The molecule has 2 rings (SSSR count). The highest BCUT2D eigenvalue weighted by Gasteiger charge is 2.12. The van der Waals surface area contributed by atoms with Gasteiger partial charge in [0.15, 0.2) is 5.69 Å². The van der Waals surface area contributed by atoms with E-state index >= 15 is 0 Å². The molecule has 2 aromatic heterocycles. The molecule has 13 heavy (non-hydrogen) atoms. The number of carbonyl (C=O) groups is 1. The van der Waals surface area contributed by atoms with Crippen molar-refractivity contribution >= 4 is 27.4 Å². The number of hydrogen-bond acceptors (Lipinski definition) is 2. The van der Waals surface area contributed by atoms with Crippen molar-refractivity contribution in [1.29, 1.82) is 0 Å². The first-order valence-corrected chi connectivity index (χ1v) is 4.34. The predicted octanol–water partition coefficient (Wildman–Crippen LogP) is 1.79. The maximum Gasteiger partial charge on any atom is 0.356 e. The molecule has 0 atom stereocenters. The van der Waals surface area contributed by atoms with E-state index in [0.717, 1.165) is 4.47 Å². The van der Waals surface area contributed by atoms with E-state index in [9.17, 15) is 4.79 Å². The zero-order chi connectivity index (χ0) is 9.42. The van der Waals surface area contributed by atoms with Gasteiger partial charge >= 0.3 is 5.97 Å². The second-order valence-electron chi connectivity index (χ2n) is 2.50. The minimum atomic E-state index is -1.02. The van der Waals surface area contributed by atoms with Crippen LogP contribution in [0.5, 0.6) is 0 Å². The summed E-state index contributed by atoms with van der Waals surface area (Å²) in [6.07, 6.45) is 4.93. The van der Waals surface area contributed by atoms with Crippen LogP contribution in [0.4, 0.5) is 0 Å². The van der Waals surface area contributed by atoms with Gasteiger partial charge in [-0.1, -0.05) is 0 Å². The van der Waals surface area contributed by atoms with Crippen LogP contribution in [-0.2, 0) is 0 Å². The van der Waals surface area contributed by atoms with Crippen molar-refractivity contribution in [2.75, 3.05) is 0 Å². The Hall–Kier alpha value is -1.36. The van der Waals surface area contributed by atoms with Gasteiger partial charge < -0.3 is 9.51 Å². The fraction of sp³-hybridized carbons (Fsp3) is 0. The SMILES string of the molecule is O=C(O)c1nccn2ccc(Br)c12. The van der Waals surface area contributed by atoms with Gasteiger partial charge in [0, 0.05) is 23.1 Å². The normalized spacial score (nSPS) is 10.5. The van der Waals surface area contributed by atoms with Crippen molar-refractivity contribution in [1.82, 2.24) is 9.38 Å². The second kappa shape index (κ2) is 2.85. The Morgan fingerprint density at radius 2 is 2.31 bits per heavy atom. The van der Waals surface area contributed by atoms with Crippen molar-refractivity contribution in [3.05, 3.63) is 34.8 Å². The highest BCUT2D eigenvalue weighted by Crippen LogP contribution is 2.21. The van der Waals surface area contributed by atoms with Crippen molar-refractivity contribution in [2.24, 2.45) is 0 Å². The van der Waals surface area contributed by atoms with Crippen molar-refractivity contribution in [3.63, 3.8) is 0 Å². The van der Waals surface area contributed by atoms with Crippen LogP contribution in [0.15, 0.2) is 29.1 Å². The van der Waals surface area contributed by atoms with Gasteiger partial charge in [-0.25, -0.2) is 9.78 Å². The number of aromatic nitrogens is 2. The molecule has 0 aliphatic rings. The molecule has 0 spiro atoms. The Bertz CT molecular complexity index is 478. The highest BCUT2D eigenvalue weighted by atomic mass is 79.9. The van der Waals surface area contributed by atoms with Crippen LogP contribution in [0.1, 0.15) is 10.5 Å². The molecular formula is C8H5BrN2O2. The number of nitrogens with zero attached hydrogens (tertiary/aromatic N) is 2. The van der Waals surface area contributed by atoms with Crippen molar-refractivity contribution in [2.45, 2.75) is 0 Å². The predicted molar refractivity (Wildman–Crippen MR) is 49.9 cm³/mol. The quantitative estimate of drug-likeness (QED) is 0.828. The maximum absolute atomic E-state index is 10.8. The van der Waals surface area contributed by atoms with E-state index in [4.69, 9.17) is 5.11 Å². The Kier molecular flexibility index (Phi) is 1.81. The number of aromatic carboxylic acids is 1. The summed E-state index contributed by atoms with van der Waals surface area (Å²) in [4.78, 5) is 14.6. The molecule has 0 fully saturated rings. The lowest BCUT2D eigenvalue weighted by Gasteiger charge is -1.98. The van der Waals surface area contributed by atoms with E-state index in [1.807, 2.05) is 0 Å². The summed E-state index contributed by atoms with van der Waals surface area (Å²) in [6.45, 7) is 0. The Morgan fingerprint density at radius 3 is 3.00 bits per heavy atom. The van der Waals surface area contributed by atoms with Gasteiger partial charge in [-0.2, -0.15) is 0 Å². The molecule has 2 heterocycles.